The molecule has 24 heavy (non-hydrogen) atoms. The number of imidazole rings is 1. The van der Waals surface area contributed by atoms with Crippen LogP contribution in [0.3, 0.4) is 0 Å². The minimum absolute atomic E-state index is 0.0525. The topological polar surface area (TPSA) is 34.2 Å². The molecule has 3 rings (SSSR count). The molecule has 2 aromatic heterocycles. The predicted molar refractivity (Wildman–Crippen MR) is 87.5 cm³/mol. The summed E-state index contributed by atoms with van der Waals surface area (Å²) in [6.07, 6.45) is 3.34. The van der Waals surface area contributed by atoms with Crippen molar-refractivity contribution in [2.24, 2.45) is 0 Å². The molecule has 4 nitrogen and oxygen atoms in total. The molecule has 1 aromatic carbocycles. The smallest absolute Gasteiger partial charge is 0.169 e. The second kappa shape index (κ2) is 6.57. The molecule has 1 atom stereocenters. The van der Waals surface area contributed by atoms with E-state index in [1.165, 1.54) is 12.1 Å². The number of benzene rings is 1. The van der Waals surface area contributed by atoms with Crippen molar-refractivity contribution >= 4 is 0 Å². The van der Waals surface area contributed by atoms with Crippen molar-refractivity contribution in [2.45, 2.75) is 19.5 Å². The maximum atomic E-state index is 14.1. The van der Waals surface area contributed by atoms with Crippen LogP contribution in [0.4, 0.5) is 8.78 Å². The number of furan rings is 1. The third-order valence-corrected chi connectivity index (χ3v) is 3.99. The third-order valence-electron chi connectivity index (χ3n) is 3.99. The molecule has 0 aliphatic heterocycles. The second-order valence-corrected chi connectivity index (χ2v) is 5.93. The highest BCUT2D eigenvalue weighted by molar-refractivity contribution is 5.56. The van der Waals surface area contributed by atoms with E-state index in [1.54, 1.807) is 17.0 Å². The largest absolute Gasteiger partial charge is 0.465 e. The van der Waals surface area contributed by atoms with Gasteiger partial charge in [-0.1, -0.05) is 6.07 Å². The summed E-state index contributed by atoms with van der Waals surface area (Å²) in [7, 11) is 3.89. The van der Waals surface area contributed by atoms with Crippen LogP contribution in [0.5, 0.6) is 0 Å². The van der Waals surface area contributed by atoms with Gasteiger partial charge in [-0.2, -0.15) is 0 Å². The zero-order valence-corrected chi connectivity index (χ0v) is 13.8. The number of hydrogen-bond acceptors (Lipinski definition) is 3. The molecule has 0 aliphatic carbocycles. The van der Waals surface area contributed by atoms with Crippen LogP contribution in [-0.4, -0.2) is 28.5 Å². The SMILES string of the molecule is Cc1ccc(C(Cn2ccnc2-c2cccc(F)c2F)N(C)C)o1. The van der Waals surface area contributed by atoms with Gasteiger partial charge in [0.15, 0.2) is 11.6 Å². The summed E-state index contributed by atoms with van der Waals surface area (Å²) < 4.78 is 35.2. The average Bonchev–Trinajstić information content (AvgIpc) is 3.16. The summed E-state index contributed by atoms with van der Waals surface area (Å²) >= 11 is 0. The van der Waals surface area contributed by atoms with Crippen molar-refractivity contribution in [3.05, 3.63) is 65.9 Å². The lowest BCUT2D eigenvalue weighted by Gasteiger charge is -2.23. The quantitative estimate of drug-likeness (QED) is 0.708. The van der Waals surface area contributed by atoms with Gasteiger partial charge in [0.1, 0.15) is 17.3 Å². The van der Waals surface area contributed by atoms with Crippen molar-refractivity contribution in [1.82, 2.24) is 14.5 Å². The van der Waals surface area contributed by atoms with E-state index in [0.717, 1.165) is 17.6 Å². The van der Waals surface area contributed by atoms with Crippen molar-refractivity contribution in [3.63, 3.8) is 0 Å². The summed E-state index contributed by atoms with van der Waals surface area (Å²) in [6.45, 7) is 2.40. The van der Waals surface area contributed by atoms with Gasteiger partial charge in [0.25, 0.3) is 0 Å². The van der Waals surface area contributed by atoms with Gasteiger partial charge < -0.3 is 8.98 Å². The van der Waals surface area contributed by atoms with Crippen LogP contribution in [0.2, 0.25) is 0 Å². The highest BCUT2D eigenvalue weighted by Crippen LogP contribution is 2.27. The van der Waals surface area contributed by atoms with Crippen molar-refractivity contribution in [2.75, 3.05) is 14.1 Å². The van der Waals surface area contributed by atoms with Crippen LogP contribution in [0.25, 0.3) is 11.4 Å². The summed E-state index contributed by atoms with van der Waals surface area (Å²) in [5.74, 6) is 0.269. The molecule has 0 fully saturated rings. The normalized spacial score (nSPS) is 12.8. The molecule has 0 radical (unpaired) electrons. The Balaban J connectivity index is 1.96. The molecule has 126 valence electrons. The van der Waals surface area contributed by atoms with Gasteiger partial charge in [-0.15, -0.1) is 0 Å². The molecule has 2 heterocycles. The molecule has 0 bridgehead atoms. The first-order chi connectivity index (χ1) is 11.5. The molecule has 6 heteroatoms. The molecule has 0 aliphatic rings. The highest BCUT2D eigenvalue weighted by Gasteiger charge is 2.21. The fraction of sp³-hybridized carbons (Fsp3) is 0.278. The summed E-state index contributed by atoms with van der Waals surface area (Å²) in [5, 5.41) is 0. The Morgan fingerprint density at radius 2 is 2.00 bits per heavy atom. The van der Waals surface area contributed by atoms with Crippen molar-refractivity contribution in [3.8, 4) is 11.4 Å². The van der Waals surface area contributed by atoms with Crippen LogP contribution >= 0.6 is 0 Å². The summed E-state index contributed by atoms with van der Waals surface area (Å²) in [4.78, 5) is 6.22. The first kappa shape index (κ1) is 16.4. The molecule has 0 N–H and O–H groups in total. The van der Waals surface area contributed by atoms with Gasteiger partial charge in [-0.3, -0.25) is 4.90 Å². The van der Waals surface area contributed by atoms with E-state index < -0.39 is 11.6 Å². The number of rotatable bonds is 5. The summed E-state index contributed by atoms with van der Waals surface area (Å²) in [6, 6.07) is 7.89. The Bertz CT molecular complexity index is 838. The minimum atomic E-state index is -0.889. The highest BCUT2D eigenvalue weighted by atomic mass is 19.2. The van der Waals surface area contributed by atoms with E-state index >= 15 is 0 Å². The number of hydrogen-bond donors (Lipinski definition) is 0. The van der Waals surface area contributed by atoms with E-state index in [4.69, 9.17) is 4.42 Å². The number of halogens is 2. The molecular formula is C18H19F2N3O. The van der Waals surface area contributed by atoms with Crippen molar-refractivity contribution < 1.29 is 13.2 Å². The predicted octanol–water partition coefficient (Wildman–Crippen LogP) is 4.03. The Hall–Kier alpha value is -2.47. The van der Waals surface area contributed by atoms with Gasteiger partial charge >= 0.3 is 0 Å². The maximum absolute atomic E-state index is 14.1. The standard InChI is InChI=1S/C18H19F2N3O/c1-12-7-8-16(24-12)15(22(2)3)11-23-10-9-21-18(23)13-5-4-6-14(19)17(13)20/h4-10,15H,11H2,1-3H3. The minimum Gasteiger partial charge on any atom is -0.465 e. The zero-order chi connectivity index (χ0) is 17.3. The van der Waals surface area contributed by atoms with Gasteiger partial charge in [-0.25, -0.2) is 13.8 Å². The van der Waals surface area contributed by atoms with E-state index in [2.05, 4.69) is 4.98 Å². The molecule has 0 amide bonds. The van der Waals surface area contributed by atoms with Gasteiger partial charge in [0.2, 0.25) is 0 Å². The maximum Gasteiger partial charge on any atom is 0.169 e. The molecule has 1 unspecified atom stereocenters. The van der Waals surface area contributed by atoms with Gasteiger partial charge in [0, 0.05) is 18.9 Å². The fourth-order valence-corrected chi connectivity index (χ4v) is 2.70. The van der Waals surface area contributed by atoms with Crippen LogP contribution in [-0.2, 0) is 6.54 Å². The van der Waals surface area contributed by atoms with E-state index in [0.29, 0.717) is 12.4 Å². The second-order valence-electron chi connectivity index (χ2n) is 5.93. The zero-order valence-electron chi connectivity index (χ0n) is 13.8. The Morgan fingerprint density at radius 3 is 2.67 bits per heavy atom. The van der Waals surface area contributed by atoms with Crippen LogP contribution in [0.15, 0.2) is 47.1 Å². The Kier molecular flexibility index (Phi) is 4.49. The van der Waals surface area contributed by atoms with Crippen LogP contribution in [0, 0.1) is 18.6 Å². The molecule has 3 aromatic rings. The number of aromatic nitrogens is 2. The Labute approximate surface area is 139 Å². The summed E-state index contributed by atoms with van der Waals surface area (Å²) in [5.41, 5.74) is 0.146. The fourth-order valence-electron chi connectivity index (χ4n) is 2.70. The number of likely N-dealkylation sites (N-methyl/N-ethyl adjacent to an activating group) is 1. The lowest BCUT2D eigenvalue weighted by Crippen LogP contribution is -2.24. The molecular weight excluding hydrogens is 312 g/mol. The van der Waals surface area contributed by atoms with Crippen LogP contribution < -0.4 is 0 Å². The van der Waals surface area contributed by atoms with Gasteiger partial charge in [0.05, 0.1) is 11.6 Å². The molecule has 0 saturated carbocycles. The Morgan fingerprint density at radius 1 is 1.21 bits per heavy atom. The first-order valence-electron chi connectivity index (χ1n) is 7.65. The number of aryl methyl sites for hydroxylation is 1. The lowest BCUT2D eigenvalue weighted by molar-refractivity contribution is 0.231. The average molecular weight is 331 g/mol. The lowest BCUT2D eigenvalue weighted by atomic mass is 10.1. The molecule has 0 spiro atoms. The molecule has 0 saturated heterocycles. The van der Waals surface area contributed by atoms with Crippen molar-refractivity contribution in [1.29, 1.82) is 0 Å². The first-order valence-corrected chi connectivity index (χ1v) is 7.65. The van der Waals surface area contributed by atoms with E-state index in [9.17, 15) is 8.78 Å². The monoisotopic (exact) mass is 331 g/mol. The third kappa shape index (κ3) is 3.10. The van der Waals surface area contributed by atoms with E-state index in [1.807, 2.05) is 38.1 Å². The van der Waals surface area contributed by atoms with Crippen LogP contribution in [0.1, 0.15) is 17.6 Å². The number of nitrogens with zero attached hydrogens (tertiary/aromatic N) is 3. The van der Waals surface area contributed by atoms with E-state index in [-0.39, 0.29) is 11.6 Å². The van der Waals surface area contributed by atoms with Gasteiger partial charge in [-0.05, 0) is 45.3 Å².